The van der Waals surface area contributed by atoms with E-state index >= 15 is 0 Å². The van der Waals surface area contributed by atoms with Crippen molar-refractivity contribution in [3.8, 4) is 11.1 Å². The Kier molecular flexibility index (Phi) is 5.15. The van der Waals surface area contributed by atoms with Gasteiger partial charge in [0.1, 0.15) is 0 Å². The van der Waals surface area contributed by atoms with E-state index in [2.05, 4.69) is 78.6 Å². The molecule has 0 radical (unpaired) electrons. The SMILES string of the molecule is Cc1ccc(C(Nc2cc(-c3ccc4ccn(C)c4c3)c3nccnc3c2)c2cccnc2)nn1. The second-order valence-corrected chi connectivity index (χ2v) is 8.61. The highest BCUT2D eigenvalue weighted by atomic mass is 15.1. The maximum atomic E-state index is 4.66. The predicted molar refractivity (Wildman–Crippen MR) is 138 cm³/mol. The summed E-state index contributed by atoms with van der Waals surface area (Å²) in [5.74, 6) is 0. The van der Waals surface area contributed by atoms with Crippen LogP contribution in [-0.4, -0.2) is 29.7 Å². The normalized spacial score (nSPS) is 12.2. The first-order valence-electron chi connectivity index (χ1n) is 11.4. The first-order valence-corrected chi connectivity index (χ1v) is 11.4. The highest BCUT2D eigenvalue weighted by Gasteiger charge is 2.18. The van der Waals surface area contributed by atoms with Crippen LogP contribution in [-0.2, 0) is 7.05 Å². The van der Waals surface area contributed by atoms with Crippen molar-refractivity contribution in [3.05, 3.63) is 109 Å². The van der Waals surface area contributed by atoms with Crippen LogP contribution in [0.15, 0.2) is 91.6 Å². The Morgan fingerprint density at radius 3 is 2.63 bits per heavy atom. The van der Waals surface area contributed by atoms with Crippen LogP contribution < -0.4 is 5.32 Å². The van der Waals surface area contributed by atoms with E-state index in [0.29, 0.717) is 0 Å². The maximum Gasteiger partial charge on any atom is 0.0973 e. The fourth-order valence-electron chi connectivity index (χ4n) is 4.41. The van der Waals surface area contributed by atoms with Gasteiger partial charge >= 0.3 is 0 Å². The van der Waals surface area contributed by atoms with Crippen LogP contribution in [0.1, 0.15) is 23.0 Å². The molecule has 2 aromatic carbocycles. The average Bonchev–Trinajstić information content (AvgIpc) is 3.28. The summed E-state index contributed by atoms with van der Waals surface area (Å²) in [5.41, 5.74) is 8.54. The van der Waals surface area contributed by atoms with Crippen LogP contribution in [0.3, 0.4) is 0 Å². The number of hydrogen-bond donors (Lipinski definition) is 1. The van der Waals surface area contributed by atoms with Crippen molar-refractivity contribution in [1.29, 1.82) is 0 Å². The van der Waals surface area contributed by atoms with Crippen molar-refractivity contribution < 1.29 is 0 Å². The van der Waals surface area contributed by atoms with Gasteiger partial charge in [-0.3, -0.25) is 15.0 Å². The van der Waals surface area contributed by atoms with E-state index < -0.39 is 0 Å². The topological polar surface area (TPSA) is 81.4 Å². The average molecular weight is 458 g/mol. The molecule has 0 saturated carbocycles. The van der Waals surface area contributed by atoms with Gasteiger partial charge in [-0.05, 0) is 65.9 Å². The fraction of sp³-hybridized carbons (Fsp3) is 0.107. The number of anilines is 1. The molecule has 6 aromatic rings. The summed E-state index contributed by atoms with van der Waals surface area (Å²) in [6.07, 6.45) is 9.15. The molecule has 0 fully saturated rings. The molecule has 170 valence electrons. The number of pyridine rings is 1. The summed E-state index contributed by atoms with van der Waals surface area (Å²) in [7, 11) is 2.06. The van der Waals surface area contributed by atoms with Gasteiger partial charge in [-0.2, -0.15) is 10.2 Å². The summed E-state index contributed by atoms with van der Waals surface area (Å²) in [4.78, 5) is 13.6. The molecule has 4 aromatic heterocycles. The van der Waals surface area contributed by atoms with Crippen molar-refractivity contribution in [1.82, 2.24) is 29.7 Å². The zero-order valence-electron chi connectivity index (χ0n) is 19.4. The van der Waals surface area contributed by atoms with E-state index in [1.54, 1.807) is 18.6 Å². The first kappa shape index (κ1) is 20.9. The van der Waals surface area contributed by atoms with Gasteiger partial charge in [0.2, 0.25) is 0 Å². The third-order valence-corrected chi connectivity index (χ3v) is 6.22. The van der Waals surface area contributed by atoms with Crippen LogP contribution in [0.5, 0.6) is 0 Å². The van der Waals surface area contributed by atoms with Gasteiger partial charge in [0.15, 0.2) is 0 Å². The minimum Gasteiger partial charge on any atom is -0.373 e. The summed E-state index contributed by atoms with van der Waals surface area (Å²) in [5, 5.41) is 13.6. The van der Waals surface area contributed by atoms with E-state index in [9.17, 15) is 0 Å². The minimum atomic E-state index is -0.228. The standard InChI is InChI=1S/C28H23N7/c1-18-5-8-24(34-33-18)27(21-4-3-10-29-17-21)32-22-15-23(28-25(16-22)30-11-12-31-28)20-7-6-19-9-13-35(2)26(19)14-20/h3-17,27,32H,1-2H3. The van der Waals surface area contributed by atoms with Crippen molar-refractivity contribution in [3.63, 3.8) is 0 Å². The number of fused-ring (bicyclic) bond motifs is 2. The summed E-state index contributed by atoms with van der Waals surface area (Å²) < 4.78 is 2.13. The minimum absolute atomic E-state index is 0.228. The molecule has 0 aliphatic carbocycles. The van der Waals surface area contributed by atoms with Crippen LogP contribution in [0.25, 0.3) is 33.1 Å². The fourth-order valence-corrected chi connectivity index (χ4v) is 4.41. The zero-order valence-corrected chi connectivity index (χ0v) is 19.4. The monoisotopic (exact) mass is 457 g/mol. The molecule has 7 heteroatoms. The second-order valence-electron chi connectivity index (χ2n) is 8.61. The van der Waals surface area contributed by atoms with Gasteiger partial charge < -0.3 is 9.88 Å². The number of hydrogen-bond acceptors (Lipinski definition) is 6. The molecular weight excluding hydrogens is 434 g/mol. The van der Waals surface area contributed by atoms with Crippen LogP contribution in [0, 0.1) is 6.92 Å². The molecule has 0 spiro atoms. The number of nitrogens with zero attached hydrogens (tertiary/aromatic N) is 6. The van der Waals surface area contributed by atoms with Gasteiger partial charge in [-0.15, -0.1) is 0 Å². The predicted octanol–water partition coefficient (Wildman–Crippen LogP) is 5.48. The van der Waals surface area contributed by atoms with E-state index in [-0.39, 0.29) is 6.04 Å². The summed E-state index contributed by atoms with van der Waals surface area (Å²) >= 11 is 0. The Bertz CT molecular complexity index is 1640. The lowest BCUT2D eigenvalue weighted by Gasteiger charge is -2.20. The lowest BCUT2D eigenvalue weighted by molar-refractivity contribution is 0.818. The van der Waals surface area contributed by atoms with E-state index in [1.165, 1.54) is 10.9 Å². The number of benzene rings is 2. The highest BCUT2D eigenvalue weighted by Crippen LogP contribution is 2.34. The molecule has 1 N–H and O–H groups in total. The van der Waals surface area contributed by atoms with Crippen LogP contribution in [0.2, 0.25) is 0 Å². The Balaban J connectivity index is 1.49. The van der Waals surface area contributed by atoms with Crippen molar-refractivity contribution in [2.24, 2.45) is 7.05 Å². The first-order chi connectivity index (χ1) is 17.2. The molecule has 7 nitrogen and oxygen atoms in total. The van der Waals surface area contributed by atoms with E-state index in [4.69, 9.17) is 0 Å². The lowest BCUT2D eigenvalue weighted by Crippen LogP contribution is -2.15. The third kappa shape index (κ3) is 3.97. The van der Waals surface area contributed by atoms with E-state index in [0.717, 1.165) is 44.8 Å². The zero-order chi connectivity index (χ0) is 23.8. The highest BCUT2D eigenvalue weighted by molar-refractivity contribution is 5.97. The second kappa shape index (κ2) is 8.61. The van der Waals surface area contributed by atoms with Gasteiger partial charge in [-0.1, -0.05) is 18.2 Å². The number of aryl methyl sites for hydroxylation is 2. The van der Waals surface area contributed by atoms with Gasteiger partial charge in [0, 0.05) is 54.8 Å². The van der Waals surface area contributed by atoms with Crippen LogP contribution >= 0.6 is 0 Å². The lowest BCUT2D eigenvalue weighted by atomic mass is 10.00. The smallest absolute Gasteiger partial charge is 0.0973 e. The molecule has 6 rings (SSSR count). The largest absolute Gasteiger partial charge is 0.373 e. The molecule has 0 aliphatic rings. The summed E-state index contributed by atoms with van der Waals surface area (Å²) in [6, 6.07) is 20.5. The van der Waals surface area contributed by atoms with Gasteiger partial charge in [-0.25, -0.2) is 0 Å². The number of nitrogens with one attached hydrogen (secondary N) is 1. The molecule has 1 unspecified atom stereocenters. The number of aromatic nitrogens is 6. The Labute approximate surface area is 202 Å². The van der Waals surface area contributed by atoms with Crippen LogP contribution in [0.4, 0.5) is 5.69 Å². The molecule has 0 saturated heterocycles. The number of rotatable bonds is 5. The summed E-state index contributed by atoms with van der Waals surface area (Å²) in [6.45, 7) is 1.93. The Hall–Kier alpha value is -4.65. The van der Waals surface area contributed by atoms with E-state index in [1.807, 2.05) is 43.5 Å². The molecule has 35 heavy (non-hydrogen) atoms. The van der Waals surface area contributed by atoms with Crippen molar-refractivity contribution in [2.75, 3.05) is 5.32 Å². The van der Waals surface area contributed by atoms with Gasteiger partial charge in [0.25, 0.3) is 0 Å². The molecule has 0 bridgehead atoms. The molecule has 0 aliphatic heterocycles. The third-order valence-electron chi connectivity index (χ3n) is 6.22. The quantitative estimate of drug-likeness (QED) is 0.369. The van der Waals surface area contributed by atoms with Crippen molar-refractivity contribution in [2.45, 2.75) is 13.0 Å². The molecule has 0 amide bonds. The molecular formula is C28H23N7. The maximum absolute atomic E-state index is 4.66. The Morgan fingerprint density at radius 1 is 0.886 bits per heavy atom. The van der Waals surface area contributed by atoms with Gasteiger partial charge in [0.05, 0.1) is 28.5 Å². The molecule has 4 heterocycles. The Morgan fingerprint density at radius 2 is 1.80 bits per heavy atom. The molecule has 1 atom stereocenters. The van der Waals surface area contributed by atoms with Crippen molar-refractivity contribution >= 4 is 27.6 Å².